The third kappa shape index (κ3) is 5.20. The zero-order valence-electron chi connectivity index (χ0n) is 18.4. The third-order valence-electron chi connectivity index (χ3n) is 5.29. The van der Waals surface area contributed by atoms with Crippen LogP contribution in [0.1, 0.15) is 47.8 Å². The fourth-order valence-corrected chi connectivity index (χ4v) is 4.89. The van der Waals surface area contributed by atoms with Gasteiger partial charge in [-0.3, -0.25) is 0 Å². The van der Waals surface area contributed by atoms with Crippen molar-refractivity contribution in [1.29, 1.82) is 5.26 Å². The minimum absolute atomic E-state index is 0.0449. The molecule has 4 nitrogen and oxygen atoms in total. The molecule has 0 fully saturated rings. The number of nitrogens with zero attached hydrogens (tertiary/aromatic N) is 2. The van der Waals surface area contributed by atoms with E-state index < -0.39 is 26.5 Å². The molecule has 0 aliphatic carbocycles. The van der Waals surface area contributed by atoms with E-state index in [1.165, 1.54) is 28.8 Å². The van der Waals surface area contributed by atoms with Gasteiger partial charge in [0.25, 0.3) is 0 Å². The summed E-state index contributed by atoms with van der Waals surface area (Å²) in [5.41, 5.74) is 1.07. The van der Waals surface area contributed by atoms with Crippen LogP contribution in [0.5, 0.6) is 0 Å². The molecule has 8 heteroatoms. The van der Waals surface area contributed by atoms with Gasteiger partial charge < -0.3 is 4.57 Å². The van der Waals surface area contributed by atoms with Crippen LogP contribution in [0.4, 0.5) is 13.2 Å². The van der Waals surface area contributed by atoms with Crippen molar-refractivity contribution in [3.63, 3.8) is 0 Å². The Balaban J connectivity index is 2.17. The van der Waals surface area contributed by atoms with E-state index in [0.717, 1.165) is 6.07 Å². The number of allylic oxidation sites excluding steroid dienone is 1. The van der Waals surface area contributed by atoms with E-state index in [4.69, 9.17) is 0 Å². The third-order valence-corrected chi connectivity index (χ3v) is 6.88. The molecule has 0 unspecified atom stereocenters. The molecule has 0 atom stereocenters. The molecule has 3 aromatic rings. The standard InChI is InChI=1S/C25H23F3N2O2S/c1-17(2)24-14-20(13-21(15-29)33(31,32)16-19-9-5-4-6-10-19)18(3)30(24)23-12-8-7-11-22(23)25(26,27)28/h4-14,17H,16H2,1-3H3/b21-13+. The molecule has 0 aliphatic heterocycles. The van der Waals surface area contributed by atoms with Gasteiger partial charge in [-0.05, 0) is 48.2 Å². The Labute approximate surface area is 191 Å². The molecular formula is C25H23F3N2O2S. The highest BCUT2D eigenvalue weighted by molar-refractivity contribution is 7.95. The maximum absolute atomic E-state index is 13.7. The maximum atomic E-state index is 13.7. The van der Waals surface area contributed by atoms with Crippen LogP contribution in [0.25, 0.3) is 11.8 Å². The Morgan fingerprint density at radius 2 is 1.70 bits per heavy atom. The van der Waals surface area contributed by atoms with Gasteiger partial charge in [0.2, 0.25) is 0 Å². The average molecular weight is 473 g/mol. The van der Waals surface area contributed by atoms with Gasteiger partial charge in [-0.15, -0.1) is 0 Å². The molecule has 2 aromatic carbocycles. The van der Waals surface area contributed by atoms with Crippen LogP contribution < -0.4 is 0 Å². The van der Waals surface area contributed by atoms with E-state index in [9.17, 15) is 26.9 Å². The number of rotatable bonds is 6. The lowest BCUT2D eigenvalue weighted by atomic mass is 10.1. The van der Waals surface area contributed by atoms with Gasteiger partial charge in [-0.2, -0.15) is 18.4 Å². The smallest absolute Gasteiger partial charge is 0.317 e. The van der Waals surface area contributed by atoms with Crippen molar-refractivity contribution in [2.75, 3.05) is 0 Å². The van der Waals surface area contributed by atoms with Crippen LogP contribution in [0.2, 0.25) is 0 Å². The zero-order chi connectivity index (χ0) is 24.4. The predicted molar refractivity (Wildman–Crippen MR) is 122 cm³/mol. The van der Waals surface area contributed by atoms with Crippen LogP contribution in [0.15, 0.2) is 65.6 Å². The SMILES string of the molecule is Cc1c(/C=C(\C#N)S(=O)(=O)Cc2ccccc2)cc(C(C)C)n1-c1ccccc1C(F)(F)F. The molecule has 0 radical (unpaired) electrons. The average Bonchev–Trinajstić information content (AvgIpc) is 3.08. The van der Waals surface area contributed by atoms with E-state index in [-0.39, 0.29) is 17.4 Å². The lowest BCUT2D eigenvalue weighted by Crippen LogP contribution is -2.13. The van der Waals surface area contributed by atoms with Gasteiger partial charge in [0.1, 0.15) is 11.0 Å². The topological polar surface area (TPSA) is 62.9 Å². The second kappa shape index (κ2) is 9.28. The fourth-order valence-electron chi connectivity index (χ4n) is 3.65. The Morgan fingerprint density at radius 3 is 2.27 bits per heavy atom. The first-order chi connectivity index (χ1) is 15.5. The summed E-state index contributed by atoms with van der Waals surface area (Å²) in [7, 11) is -3.95. The minimum Gasteiger partial charge on any atom is -0.317 e. The molecule has 172 valence electrons. The molecule has 1 aromatic heterocycles. The van der Waals surface area contributed by atoms with Gasteiger partial charge in [0.05, 0.1) is 17.0 Å². The molecular weight excluding hydrogens is 449 g/mol. The van der Waals surface area contributed by atoms with E-state index in [0.29, 0.717) is 22.5 Å². The van der Waals surface area contributed by atoms with E-state index >= 15 is 0 Å². The van der Waals surface area contributed by atoms with Crippen molar-refractivity contribution in [3.05, 3.63) is 93.6 Å². The number of aromatic nitrogens is 1. The maximum Gasteiger partial charge on any atom is 0.418 e. The first-order valence-corrected chi connectivity index (χ1v) is 11.9. The van der Waals surface area contributed by atoms with Crippen molar-refractivity contribution < 1.29 is 21.6 Å². The Morgan fingerprint density at radius 1 is 1.09 bits per heavy atom. The summed E-state index contributed by atoms with van der Waals surface area (Å²) in [6.45, 7) is 5.29. The number of hydrogen-bond acceptors (Lipinski definition) is 3. The minimum atomic E-state index is -4.56. The molecule has 33 heavy (non-hydrogen) atoms. The summed E-state index contributed by atoms with van der Waals surface area (Å²) in [5, 5.41) is 9.59. The summed E-state index contributed by atoms with van der Waals surface area (Å²) in [6.07, 6.45) is -3.32. The van der Waals surface area contributed by atoms with Gasteiger partial charge in [-0.25, -0.2) is 8.42 Å². The molecule has 0 amide bonds. The Kier molecular flexibility index (Phi) is 6.84. The molecule has 0 saturated carbocycles. The van der Waals surface area contributed by atoms with Crippen LogP contribution in [0.3, 0.4) is 0 Å². The second-order valence-corrected chi connectivity index (χ2v) is 9.94. The monoisotopic (exact) mass is 472 g/mol. The summed E-state index contributed by atoms with van der Waals surface area (Å²) < 4.78 is 68.3. The van der Waals surface area contributed by atoms with Crippen LogP contribution in [-0.2, 0) is 21.8 Å². The zero-order valence-corrected chi connectivity index (χ0v) is 19.2. The van der Waals surface area contributed by atoms with Gasteiger partial charge in [-0.1, -0.05) is 56.3 Å². The predicted octanol–water partition coefficient (Wildman–Crippen LogP) is 6.41. The van der Waals surface area contributed by atoms with Crippen molar-refractivity contribution >= 4 is 15.9 Å². The number of nitriles is 1. The molecule has 0 aliphatic rings. The van der Waals surface area contributed by atoms with Crippen molar-refractivity contribution in [3.8, 4) is 11.8 Å². The number of benzene rings is 2. The number of para-hydroxylation sites is 1. The van der Waals surface area contributed by atoms with Gasteiger partial charge in [0.15, 0.2) is 9.84 Å². The van der Waals surface area contributed by atoms with Gasteiger partial charge in [0, 0.05) is 11.4 Å². The summed E-state index contributed by atoms with van der Waals surface area (Å²) in [4.78, 5) is -0.439. The summed E-state index contributed by atoms with van der Waals surface area (Å²) in [5.74, 6) is -0.500. The van der Waals surface area contributed by atoms with E-state index in [2.05, 4.69) is 0 Å². The van der Waals surface area contributed by atoms with E-state index in [1.54, 1.807) is 49.4 Å². The first kappa shape index (κ1) is 24.3. The number of alkyl halides is 3. The lowest BCUT2D eigenvalue weighted by molar-refractivity contribution is -0.137. The van der Waals surface area contributed by atoms with E-state index in [1.807, 2.05) is 13.8 Å². The molecule has 0 saturated heterocycles. The number of halogens is 3. The van der Waals surface area contributed by atoms with Crippen LogP contribution in [-0.4, -0.2) is 13.0 Å². The highest BCUT2D eigenvalue weighted by Gasteiger charge is 2.34. The molecule has 0 spiro atoms. The second-order valence-electron chi connectivity index (χ2n) is 7.98. The first-order valence-electron chi connectivity index (χ1n) is 10.2. The molecule has 3 rings (SSSR count). The largest absolute Gasteiger partial charge is 0.418 e. The van der Waals surface area contributed by atoms with Crippen molar-refractivity contribution in [1.82, 2.24) is 4.57 Å². The number of hydrogen-bond donors (Lipinski definition) is 0. The van der Waals surface area contributed by atoms with Gasteiger partial charge >= 0.3 is 6.18 Å². The number of sulfone groups is 1. The molecule has 0 N–H and O–H groups in total. The summed E-state index contributed by atoms with van der Waals surface area (Å²) in [6, 6.07) is 17.1. The highest BCUT2D eigenvalue weighted by atomic mass is 32.2. The fraction of sp³-hybridized carbons (Fsp3) is 0.240. The lowest BCUT2D eigenvalue weighted by Gasteiger charge is -2.19. The van der Waals surface area contributed by atoms with Crippen molar-refractivity contribution in [2.45, 2.75) is 38.6 Å². The Hall–Kier alpha value is -3.31. The van der Waals surface area contributed by atoms with Crippen molar-refractivity contribution in [2.24, 2.45) is 0 Å². The highest BCUT2D eigenvalue weighted by Crippen LogP contribution is 2.37. The van der Waals surface area contributed by atoms with Crippen LogP contribution in [0, 0.1) is 18.3 Å². The van der Waals surface area contributed by atoms with Crippen LogP contribution >= 0.6 is 0 Å². The normalized spacial score (nSPS) is 12.7. The summed E-state index contributed by atoms with van der Waals surface area (Å²) >= 11 is 0. The Bertz CT molecular complexity index is 1330. The quantitative estimate of drug-likeness (QED) is 0.390. The molecule has 0 bridgehead atoms. The molecule has 1 heterocycles.